The fraction of sp³-hybridized carbons (Fsp3) is 0.889. The molecule has 0 atom stereocenters. The highest BCUT2D eigenvalue weighted by Crippen LogP contribution is 1.94. The molecule has 23 heavy (non-hydrogen) atoms. The van der Waals surface area contributed by atoms with Gasteiger partial charge in [-0.2, -0.15) is 5.01 Å². The molecular formula is C9H20ClN5O6S2. The number of nitrogens with one attached hydrogen (secondary N) is 2. The van der Waals surface area contributed by atoms with Gasteiger partial charge >= 0.3 is 6.03 Å². The van der Waals surface area contributed by atoms with Gasteiger partial charge in [-0.15, -0.1) is 16.5 Å². The first-order valence-electron chi connectivity index (χ1n) is 6.38. The number of hydrogen-bond acceptors (Lipinski definition) is 7. The SMILES string of the molecule is CN(C)S(=O)(=O)CCNS(=O)(=O)CCNC(=O)N(CCCl)N=O. The van der Waals surface area contributed by atoms with Gasteiger partial charge in [-0.3, -0.25) is 0 Å². The lowest BCUT2D eigenvalue weighted by molar-refractivity contribution is 0.203. The molecule has 14 heteroatoms. The van der Waals surface area contributed by atoms with E-state index < -0.39 is 31.8 Å². The number of sulfonamides is 2. The highest BCUT2D eigenvalue weighted by atomic mass is 35.5. The normalized spacial score (nSPS) is 12.2. The van der Waals surface area contributed by atoms with Crippen molar-refractivity contribution in [2.75, 3.05) is 51.1 Å². The molecule has 0 aromatic rings. The maximum absolute atomic E-state index is 11.6. The molecule has 0 aliphatic rings. The zero-order valence-corrected chi connectivity index (χ0v) is 15.1. The third-order valence-electron chi connectivity index (χ3n) is 2.51. The van der Waals surface area contributed by atoms with Crippen LogP contribution < -0.4 is 10.0 Å². The number of hydrogen-bond donors (Lipinski definition) is 2. The third kappa shape index (κ3) is 9.00. The Morgan fingerprint density at radius 1 is 1.13 bits per heavy atom. The van der Waals surface area contributed by atoms with E-state index in [4.69, 9.17) is 11.6 Å². The molecule has 0 aromatic carbocycles. The van der Waals surface area contributed by atoms with E-state index in [9.17, 15) is 26.5 Å². The Morgan fingerprint density at radius 3 is 2.22 bits per heavy atom. The molecule has 0 saturated heterocycles. The fourth-order valence-corrected chi connectivity index (χ4v) is 3.17. The van der Waals surface area contributed by atoms with Crippen molar-refractivity contribution in [2.24, 2.45) is 5.29 Å². The second-order valence-electron chi connectivity index (χ2n) is 4.44. The van der Waals surface area contributed by atoms with Gasteiger partial charge in [-0.1, -0.05) is 0 Å². The van der Waals surface area contributed by atoms with Gasteiger partial charge in [0.1, 0.15) is 0 Å². The van der Waals surface area contributed by atoms with E-state index in [1.54, 1.807) is 0 Å². The minimum absolute atomic E-state index is 0.000632. The lowest BCUT2D eigenvalue weighted by atomic mass is 10.6. The van der Waals surface area contributed by atoms with Crippen LogP contribution in [0.5, 0.6) is 0 Å². The predicted octanol–water partition coefficient (Wildman–Crippen LogP) is -1.27. The minimum Gasteiger partial charge on any atom is -0.335 e. The number of alkyl halides is 1. The maximum Gasteiger partial charge on any atom is 0.340 e. The summed E-state index contributed by atoms with van der Waals surface area (Å²) < 4.78 is 49.3. The van der Waals surface area contributed by atoms with Crippen LogP contribution in [-0.4, -0.2) is 83.3 Å². The number of urea groups is 1. The third-order valence-corrected chi connectivity index (χ3v) is 5.90. The van der Waals surface area contributed by atoms with Gasteiger partial charge in [0.25, 0.3) is 0 Å². The first-order chi connectivity index (χ1) is 10.6. The largest absolute Gasteiger partial charge is 0.340 e. The predicted molar refractivity (Wildman–Crippen MR) is 85.9 cm³/mol. The lowest BCUT2D eigenvalue weighted by Gasteiger charge is -2.13. The molecule has 11 nitrogen and oxygen atoms in total. The van der Waals surface area contributed by atoms with Gasteiger partial charge in [0.05, 0.1) is 23.3 Å². The standard InChI is InChI=1S/C9H20ClN5O6S2/c1-14(2)23(20,21)8-5-12-22(18,19)7-4-11-9(16)15(13-17)6-3-10/h12H,3-8H2,1-2H3,(H,11,16). The average molecular weight is 394 g/mol. The van der Waals surface area contributed by atoms with Crippen LogP contribution in [0.3, 0.4) is 0 Å². The van der Waals surface area contributed by atoms with Crippen molar-refractivity contribution in [3.05, 3.63) is 4.91 Å². The Morgan fingerprint density at radius 2 is 1.74 bits per heavy atom. The second kappa shape index (κ2) is 9.97. The van der Waals surface area contributed by atoms with Crippen molar-refractivity contribution >= 4 is 37.7 Å². The van der Waals surface area contributed by atoms with E-state index in [0.29, 0.717) is 5.01 Å². The van der Waals surface area contributed by atoms with E-state index >= 15 is 0 Å². The summed E-state index contributed by atoms with van der Waals surface area (Å²) in [7, 11) is -4.60. The molecule has 0 aromatic heterocycles. The van der Waals surface area contributed by atoms with Crippen LogP contribution in [0, 0.1) is 4.91 Å². The van der Waals surface area contributed by atoms with Crippen LogP contribution in [0.1, 0.15) is 0 Å². The van der Waals surface area contributed by atoms with Crippen LogP contribution >= 0.6 is 11.6 Å². The number of rotatable bonds is 11. The molecule has 136 valence electrons. The first-order valence-corrected chi connectivity index (χ1v) is 10.2. The molecule has 0 bridgehead atoms. The molecule has 0 spiro atoms. The van der Waals surface area contributed by atoms with Crippen LogP contribution in [0.4, 0.5) is 4.79 Å². The van der Waals surface area contributed by atoms with Crippen molar-refractivity contribution < 1.29 is 21.6 Å². The Kier molecular flexibility index (Phi) is 9.53. The fourth-order valence-electron chi connectivity index (χ4n) is 1.22. The Balaban J connectivity index is 4.24. The van der Waals surface area contributed by atoms with Gasteiger partial charge in [-0.05, 0) is 0 Å². The summed E-state index contributed by atoms with van der Waals surface area (Å²) >= 11 is 5.36. The van der Waals surface area contributed by atoms with Crippen molar-refractivity contribution in [1.82, 2.24) is 19.4 Å². The topological polar surface area (TPSA) is 145 Å². The van der Waals surface area contributed by atoms with Gasteiger partial charge in [0, 0.05) is 33.1 Å². The summed E-state index contributed by atoms with van der Waals surface area (Å²) in [5, 5.41) is 5.15. The molecule has 2 amide bonds. The Labute approximate surface area is 140 Å². The summed E-state index contributed by atoms with van der Waals surface area (Å²) in [6, 6.07) is -0.869. The summed E-state index contributed by atoms with van der Waals surface area (Å²) in [4.78, 5) is 21.8. The number of halogens is 1. The van der Waals surface area contributed by atoms with E-state index in [1.807, 2.05) is 0 Å². The molecule has 0 saturated carbocycles. The van der Waals surface area contributed by atoms with Crippen molar-refractivity contribution in [2.45, 2.75) is 0 Å². The van der Waals surface area contributed by atoms with E-state index in [2.05, 4.69) is 15.3 Å². The van der Waals surface area contributed by atoms with E-state index in [-0.39, 0.29) is 31.3 Å². The van der Waals surface area contributed by atoms with Crippen LogP contribution in [-0.2, 0) is 20.0 Å². The zero-order valence-electron chi connectivity index (χ0n) is 12.7. The van der Waals surface area contributed by atoms with Crippen molar-refractivity contribution in [3.63, 3.8) is 0 Å². The van der Waals surface area contributed by atoms with Gasteiger partial charge in [-0.25, -0.2) is 30.7 Å². The summed E-state index contributed by atoms with van der Waals surface area (Å²) in [5.41, 5.74) is 0. The Bertz CT molecular complexity index is 594. The molecule has 0 aliphatic heterocycles. The van der Waals surface area contributed by atoms with Crippen molar-refractivity contribution in [3.8, 4) is 0 Å². The molecular weight excluding hydrogens is 374 g/mol. The van der Waals surface area contributed by atoms with Crippen LogP contribution in [0.15, 0.2) is 5.29 Å². The quantitative estimate of drug-likeness (QED) is 0.254. The summed E-state index contributed by atoms with van der Waals surface area (Å²) in [5.74, 6) is -0.863. The monoisotopic (exact) mass is 393 g/mol. The van der Waals surface area contributed by atoms with E-state index in [1.165, 1.54) is 14.1 Å². The molecule has 0 rings (SSSR count). The molecule has 2 N–H and O–H groups in total. The number of carbonyl (C=O) groups is 1. The average Bonchev–Trinajstić information content (AvgIpc) is 2.43. The summed E-state index contributed by atoms with van der Waals surface area (Å²) in [6.45, 7) is -0.668. The second-order valence-corrected chi connectivity index (χ2v) is 9.04. The molecule has 0 aliphatic carbocycles. The zero-order chi connectivity index (χ0) is 18.1. The van der Waals surface area contributed by atoms with Crippen molar-refractivity contribution in [1.29, 1.82) is 0 Å². The molecule has 0 radical (unpaired) electrons. The maximum atomic E-state index is 11.6. The molecule has 0 unspecified atom stereocenters. The van der Waals surface area contributed by atoms with Crippen LogP contribution in [0.25, 0.3) is 0 Å². The minimum atomic E-state index is -3.77. The molecule has 0 fully saturated rings. The van der Waals surface area contributed by atoms with E-state index in [0.717, 1.165) is 4.31 Å². The number of nitrogens with zero attached hydrogens (tertiary/aromatic N) is 3. The highest BCUT2D eigenvalue weighted by molar-refractivity contribution is 7.90. The molecule has 0 heterocycles. The number of carbonyl (C=O) groups excluding carboxylic acids is 1. The Hall–Kier alpha value is -1.02. The first kappa shape index (κ1) is 22.0. The van der Waals surface area contributed by atoms with Gasteiger partial charge < -0.3 is 5.32 Å². The number of nitroso groups, excluding NO2 is 1. The smallest absolute Gasteiger partial charge is 0.335 e. The summed E-state index contributed by atoms with van der Waals surface area (Å²) in [6.07, 6.45) is 0. The highest BCUT2D eigenvalue weighted by Gasteiger charge is 2.17. The van der Waals surface area contributed by atoms with Crippen LogP contribution in [0.2, 0.25) is 0 Å². The lowest BCUT2D eigenvalue weighted by Crippen LogP contribution is -2.41. The number of amides is 2. The van der Waals surface area contributed by atoms with Gasteiger partial charge in [0.15, 0.2) is 0 Å². The van der Waals surface area contributed by atoms with Gasteiger partial charge in [0.2, 0.25) is 20.0 Å².